The van der Waals surface area contributed by atoms with E-state index in [1.807, 2.05) is 26.0 Å². The molecule has 1 aromatic carbocycles. The van der Waals surface area contributed by atoms with E-state index >= 15 is 0 Å². The largest absolute Gasteiger partial charge is 0.327 e. The number of hydrogen-bond donors (Lipinski definition) is 1. The molecule has 1 saturated heterocycles. The van der Waals surface area contributed by atoms with Crippen LogP contribution in [-0.4, -0.2) is 31.9 Å². The Hall–Kier alpha value is -0.910. The van der Waals surface area contributed by atoms with Gasteiger partial charge in [-0.3, -0.25) is 0 Å². The number of nitrogens with zero attached hydrogens (tertiary/aromatic N) is 1. The third-order valence-electron chi connectivity index (χ3n) is 4.83. The summed E-state index contributed by atoms with van der Waals surface area (Å²) in [6.45, 7) is 5.06. The minimum Gasteiger partial charge on any atom is -0.327 e. The van der Waals surface area contributed by atoms with E-state index in [-0.39, 0.29) is 6.04 Å². The second kappa shape index (κ2) is 4.83. The van der Waals surface area contributed by atoms with Gasteiger partial charge in [0, 0.05) is 19.1 Å². The predicted octanol–water partition coefficient (Wildman–Crippen LogP) is 1.66. The minimum absolute atomic E-state index is 0.166. The van der Waals surface area contributed by atoms with Crippen molar-refractivity contribution in [2.45, 2.75) is 37.6 Å². The number of sulfonamides is 1. The number of nitrogens with two attached hydrogens (primary N) is 1. The molecule has 2 aliphatic rings. The van der Waals surface area contributed by atoms with E-state index in [0.717, 1.165) is 24.0 Å². The molecule has 2 N–H and O–H groups in total. The van der Waals surface area contributed by atoms with Crippen LogP contribution in [0.5, 0.6) is 0 Å². The zero-order valence-corrected chi connectivity index (χ0v) is 12.9. The predicted molar refractivity (Wildman–Crippen MR) is 78.9 cm³/mol. The molecule has 0 amide bonds. The molecule has 5 heteroatoms. The topological polar surface area (TPSA) is 63.4 Å². The van der Waals surface area contributed by atoms with E-state index in [0.29, 0.717) is 29.8 Å². The number of rotatable bonds is 2. The van der Waals surface area contributed by atoms with Crippen molar-refractivity contribution < 1.29 is 8.42 Å². The maximum Gasteiger partial charge on any atom is 0.243 e. The second-order valence-electron chi connectivity index (χ2n) is 6.26. The van der Waals surface area contributed by atoms with Crippen molar-refractivity contribution >= 4 is 10.0 Å². The zero-order chi connectivity index (χ0) is 14.5. The Balaban J connectivity index is 1.90. The van der Waals surface area contributed by atoms with Crippen molar-refractivity contribution in [2.75, 3.05) is 13.1 Å². The molecule has 0 aromatic heterocycles. The number of aryl methyl sites for hydroxylation is 2. The molecule has 1 saturated carbocycles. The van der Waals surface area contributed by atoms with Crippen molar-refractivity contribution in [3.63, 3.8) is 0 Å². The average molecular weight is 294 g/mol. The van der Waals surface area contributed by atoms with E-state index in [4.69, 9.17) is 5.73 Å². The normalized spacial score (nSPS) is 30.6. The molecule has 0 bridgehead atoms. The number of hydrogen-bond acceptors (Lipinski definition) is 3. The molecule has 3 unspecified atom stereocenters. The van der Waals surface area contributed by atoms with Gasteiger partial charge in [-0.25, -0.2) is 8.42 Å². The molecule has 0 spiro atoms. The molecule has 0 radical (unpaired) electrons. The van der Waals surface area contributed by atoms with Crippen LogP contribution in [0, 0.1) is 25.7 Å². The van der Waals surface area contributed by atoms with Gasteiger partial charge in [0.25, 0.3) is 0 Å². The van der Waals surface area contributed by atoms with Crippen LogP contribution in [0.15, 0.2) is 23.1 Å². The van der Waals surface area contributed by atoms with Crippen LogP contribution >= 0.6 is 0 Å². The standard InChI is InChI=1S/C15H22N2O2S/c1-10-3-6-15(11(2)7-10)20(18,19)17-8-12-4-5-14(16)13(12)9-17/h3,6-7,12-14H,4-5,8-9,16H2,1-2H3. The Labute approximate surface area is 121 Å². The smallest absolute Gasteiger partial charge is 0.243 e. The Morgan fingerprint density at radius 1 is 1.20 bits per heavy atom. The average Bonchev–Trinajstić information content (AvgIpc) is 2.92. The van der Waals surface area contributed by atoms with E-state index < -0.39 is 10.0 Å². The summed E-state index contributed by atoms with van der Waals surface area (Å²) in [6, 6.07) is 5.69. The maximum atomic E-state index is 12.8. The van der Waals surface area contributed by atoms with Gasteiger partial charge in [0.05, 0.1) is 4.90 Å². The van der Waals surface area contributed by atoms with E-state index in [1.54, 1.807) is 10.4 Å². The maximum absolute atomic E-state index is 12.8. The van der Waals surface area contributed by atoms with E-state index in [9.17, 15) is 8.42 Å². The molecular formula is C15H22N2O2S. The Kier molecular flexibility index (Phi) is 3.39. The molecule has 3 rings (SSSR count). The first-order valence-corrected chi connectivity index (χ1v) is 8.66. The Morgan fingerprint density at radius 2 is 1.95 bits per heavy atom. The van der Waals surface area contributed by atoms with Crippen molar-refractivity contribution in [2.24, 2.45) is 17.6 Å². The van der Waals surface area contributed by atoms with Crippen molar-refractivity contribution in [3.8, 4) is 0 Å². The van der Waals surface area contributed by atoms with Gasteiger partial charge in [-0.05, 0) is 50.2 Å². The fraction of sp³-hybridized carbons (Fsp3) is 0.600. The van der Waals surface area contributed by atoms with Crippen molar-refractivity contribution in [1.29, 1.82) is 0 Å². The highest BCUT2D eigenvalue weighted by Crippen LogP contribution is 2.39. The van der Waals surface area contributed by atoms with Crippen LogP contribution < -0.4 is 5.73 Å². The lowest BCUT2D eigenvalue weighted by molar-refractivity contribution is 0.427. The molecule has 1 aliphatic carbocycles. The van der Waals surface area contributed by atoms with Crippen molar-refractivity contribution in [1.82, 2.24) is 4.31 Å². The highest BCUT2D eigenvalue weighted by molar-refractivity contribution is 7.89. The van der Waals surface area contributed by atoms with Gasteiger partial charge in [0.2, 0.25) is 10.0 Å². The van der Waals surface area contributed by atoms with Gasteiger partial charge in [-0.2, -0.15) is 4.31 Å². The van der Waals surface area contributed by atoms with Crippen LogP contribution in [0.4, 0.5) is 0 Å². The lowest BCUT2D eigenvalue weighted by atomic mass is 9.98. The molecule has 3 atom stereocenters. The number of fused-ring (bicyclic) bond motifs is 1. The molecule has 1 heterocycles. The lowest BCUT2D eigenvalue weighted by Crippen LogP contribution is -2.33. The molecule has 20 heavy (non-hydrogen) atoms. The summed E-state index contributed by atoms with van der Waals surface area (Å²) in [5.74, 6) is 0.793. The van der Waals surface area contributed by atoms with Crippen LogP contribution in [0.1, 0.15) is 24.0 Å². The van der Waals surface area contributed by atoms with Crippen LogP contribution in [0.25, 0.3) is 0 Å². The van der Waals surface area contributed by atoms with E-state index in [1.165, 1.54) is 0 Å². The van der Waals surface area contributed by atoms with Gasteiger partial charge in [-0.1, -0.05) is 17.7 Å². The highest BCUT2D eigenvalue weighted by atomic mass is 32.2. The summed E-state index contributed by atoms with van der Waals surface area (Å²) in [5, 5.41) is 0. The van der Waals surface area contributed by atoms with Gasteiger partial charge in [0.1, 0.15) is 0 Å². The third-order valence-corrected chi connectivity index (χ3v) is 6.82. The monoisotopic (exact) mass is 294 g/mol. The van der Waals surface area contributed by atoms with Crippen LogP contribution in [0.2, 0.25) is 0 Å². The van der Waals surface area contributed by atoms with Gasteiger partial charge in [-0.15, -0.1) is 0 Å². The minimum atomic E-state index is -3.37. The third kappa shape index (κ3) is 2.18. The molecule has 2 fully saturated rings. The van der Waals surface area contributed by atoms with Crippen LogP contribution in [0.3, 0.4) is 0 Å². The summed E-state index contributed by atoms with van der Waals surface area (Å²) in [6.07, 6.45) is 2.09. The summed E-state index contributed by atoms with van der Waals surface area (Å²) in [5.41, 5.74) is 8.00. The molecule has 4 nitrogen and oxygen atoms in total. The fourth-order valence-corrected chi connectivity index (χ4v) is 5.43. The number of benzene rings is 1. The fourth-order valence-electron chi connectivity index (χ4n) is 3.69. The van der Waals surface area contributed by atoms with Gasteiger partial charge < -0.3 is 5.73 Å². The quantitative estimate of drug-likeness (QED) is 0.902. The highest BCUT2D eigenvalue weighted by Gasteiger charge is 2.45. The summed E-state index contributed by atoms with van der Waals surface area (Å²) in [7, 11) is -3.37. The first kappa shape index (κ1) is 14.0. The van der Waals surface area contributed by atoms with Crippen LogP contribution in [-0.2, 0) is 10.0 Å². The lowest BCUT2D eigenvalue weighted by Gasteiger charge is -2.20. The first-order chi connectivity index (χ1) is 9.39. The zero-order valence-electron chi connectivity index (χ0n) is 12.0. The summed E-state index contributed by atoms with van der Waals surface area (Å²) >= 11 is 0. The second-order valence-corrected chi connectivity index (χ2v) is 8.16. The van der Waals surface area contributed by atoms with Crippen molar-refractivity contribution in [3.05, 3.63) is 29.3 Å². The van der Waals surface area contributed by atoms with E-state index in [2.05, 4.69) is 0 Å². The molecule has 1 aromatic rings. The molecule has 110 valence electrons. The van der Waals surface area contributed by atoms with Gasteiger partial charge >= 0.3 is 0 Å². The molecule has 1 aliphatic heterocycles. The van der Waals surface area contributed by atoms with Gasteiger partial charge in [0.15, 0.2) is 0 Å². The Morgan fingerprint density at radius 3 is 2.60 bits per heavy atom. The Bertz CT molecular complexity index is 627. The summed E-state index contributed by atoms with van der Waals surface area (Å²) < 4.78 is 27.2. The molecular weight excluding hydrogens is 272 g/mol. The first-order valence-electron chi connectivity index (χ1n) is 7.22. The SMILES string of the molecule is Cc1ccc(S(=O)(=O)N2CC3CCC(N)C3C2)c(C)c1. The summed E-state index contributed by atoms with van der Waals surface area (Å²) in [4.78, 5) is 0.441.